The fraction of sp³-hybridized carbons (Fsp3) is 0.316. The van der Waals surface area contributed by atoms with E-state index >= 15 is 0 Å². The van der Waals surface area contributed by atoms with E-state index in [4.69, 9.17) is 11.6 Å². The monoisotopic (exact) mass is 407 g/mol. The molecule has 1 N–H and O–H groups in total. The second-order valence-electron chi connectivity index (χ2n) is 6.62. The van der Waals surface area contributed by atoms with Crippen LogP contribution >= 0.6 is 11.6 Å². The Morgan fingerprint density at radius 1 is 1.07 bits per heavy atom. The van der Waals surface area contributed by atoms with Crippen molar-refractivity contribution in [3.05, 3.63) is 58.6 Å². The predicted molar refractivity (Wildman–Crippen MR) is 107 cm³/mol. The highest BCUT2D eigenvalue weighted by molar-refractivity contribution is 7.89. The number of anilines is 1. The van der Waals surface area contributed by atoms with Crippen LogP contribution in [0.4, 0.5) is 5.69 Å². The van der Waals surface area contributed by atoms with Crippen LogP contribution in [-0.2, 0) is 10.0 Å². The Morgan fingerprint density at radius 2 is 1.74 bits per heavy atom. The molecule has 2 aromatic carbocycles. The molecule has 0 saturated carbocycles. The summed E-state index contributed by atoms with van der Waals surface area (Å²) < 4.78 is 27.6. The van der Waals surface area contributed by atoms with Gasteiger partial charge in [0.25, 0.3) is 5.91 Å². The molecule has 0 aliphatic carbocycles. The molecule has 0 unspecified atom stereocenters. The molecule has 0 atom stereocenters. The highest BCUT2D eigenvalue weighted by atomic mass is 35.5. The number of hydrogen-bond acceptors (Lipinski definition) is 4. The van der Waals surface area contributed by atoms with Crippen molar-refractivity contribution in [3.8, 4) is 0 Å². The first-order valence-electron chi connectivity index (χ1n) is 8.64. The Hall–Kier alpha value is -1.93. The minimum Gasteiger partial charge on any atom is -0.321 e. The number of amides is 1. The van der Waals surface area contributed by atoms with E-state index in [0.29, 0.717) is 42.5 Å². The summed E-state index contributed by atoms with van der Waals surface area (Å²) in [6.07, 6.45) is 0. The summed E-state index contributed by atoms with van der Waals surface area (Å²) in [5.41, 5.74) is 1.37. The number of halogens is 1. The van der Waals surface area contributed by atoms with Gasteiger partial charge in [-0.05, 0) is 43.8 Å². The van der Waals surface area contributed by atoms with Crippen LogP contribution in [0.2, 0.25) is 5.02 Å². The number of carbonyl (C=O) groups is 1. The summed E-state index contributed by atoms with van der Waals surface area (Å²) in [7, 11) is -1.69. The van der Waals surface area contributed by atoms with Gasteiger partial charge in [-0.25, -0.2) is 8.42 Å². The average Bonchev–Trinajstić information content (AvgIpc) is 2.64. The summed E-state index contributed by atoms with van der Waals surface area (Å²) in [5, 5.41) is 3.14. The quantitative estimate of drug-likeness (QED) is 0.846. The van der Waals surface area contributed by atoms with Gasteiger partial charge in [-0.3, -0.25) is 4.79 Å². The second-order valence-corrected chi connectivity index (χ2v) is 8.94. The molecule has 0 aromatic heterocycles. The topological polar surface area (TPSA) is 69.7 Å². The van der Waals surface area contributed by atoms with E-state index in [1.807, 2.05) is 7.05 Å². The number of rotatable bonds is 4. The zero-order chi connectivity index (χ0) is 19.6. The number of piperazine rings is 1. The van der Waals surface area contributed by atoms with Crippen LogP contribution in [0.3, 0.4) is 0 Å². The molecule has 6 nitrogen and oxygen atoms in total. The number of nitrogens with zero attached hydrogens (tertiary/aromatic N) is 2. The number of para-hydroxylation sites is 1. The first kappa shape index (κ1) is 19.8. The number of carbonyl (C=O) groups excluding carboxylic acids is 1. The van der Waals surface area contributed by atoms with Gasteiger partial charge in [-0.2, -0.15) is 4.31 Å². The van der Waals surface area contributed by atoms with E-state index in [1.54, 1.807) is 43.3 Å². The lowest BCUT2D eigenvalue weighted by Crippen LogP contribution is -2.47. The molecule has 0 radical (unpaired) electrons. The van der Waals surface area contributed by atoms with Gasteiger partial charge in [0.1, 0.15) is 0 Å². The van der Waals surface area contributed by atoms with E-state index in [1.165, 1.54) is 10.4 Å². The molecule has 1 saturated heterocycles. The molecule has 1 aliphatic heterocycles. The summed E-state index contributed by atoms with van der Waals surface area (Å²) in [5.74, 6) is -0.405. The molecule has 8 heteroatoms. The lowest BCUT2D eigenvalue weighted by molar-refractivity contribution is 0.102. The van der Waals surface area contributed by atoms with E-state index in [-0.39, 0.29) is 10.5 Å². The highest BCUT2D eigenvalue weighted by Gasteiger charge is 2.29. The lowest BCUT2D eigenvalue weighted by atomic mass is 10.1. The Balaban J connectivity index is 1.88. The van der Waals surface area contributed by atoms with Crippen molar-refractivity contribution in [1.29, 1.82) is 0 Å². The van der Waals surface area contributed by atoms with Crippen molar-refractivity contribution in [2.45, 2.75) is 11.8 Å². The van der Waals surface area contributed by atoms with Crippen molar-refractivity contribution in [3.63, 3.8) is 0 Å². The van der Waals surface area contributed by atoms with Gasteiger partial charge in [0.15, 0.2) is 0 Å². The molecular weight excluding hydrogens is 386 g/mol. The van der Waals surface area contributed by atoms with Crippen molar-refractivity contribution in [2.24, 2.45) is 0 Å². The van der Waals surface area contributed by atoms with Gasteiger partial charge in [-0.1, -0.05) is 29.8 Å². The fourth-order valence-corrected chi connectivity index (χ4v) is 4.80. The SMILES string of the molecule is Cc1ccc(C(=O)Nc2ccccc2Cl)cc1S(=O)(=O)N1CCN(C)CC1. The molecule has 0 bridgehead atoms. The molecule has 27 heavy (non-hydrogen) atoms. The third-order valence-corrected chi connectivity index (χ3v) is 7.02. The normalized spacial score (nSPS) is 16.3. The number of hydrogen-bond donors (Lipinski definition) is 1. The van der Waals surface area contributed by atoms with Crippen molar-refractivity contribution < 1.29 is 13.2 Å². The minimum absolute atomic E-state index is 0.166. The maximum atomic E-state index is 13.1. The number of likely N-dealkylation sites (N-methyl/N-ethyl adjacent to an activating group) is 1. The van der Waals surface area contributed by atoms with Crippen LogP contribution in [0.1, 0.15) is 15.9 Å². The van der Waals surface area contributed by atoms with Gasteiger partial charge >= 0.3 is 0 Å². The van der Waals surface area contributed by atoms with Crippen LogP contribution < -0.4 is 5.32 Å². The number of nitrogens with one attached hydrogen (secondary N) is 1. The molecule has 1 fully saturated rings. The van der Waals surface area contributed by atoms with Crippen molar-refractivity contribution >= 4 is 33.2 Å². The third-order valence-electron chi connectivity index (χ3n) is 4.65. The average molecular weight is 408 g/mol. The summed E-state index contributed by atoms with van der Waals surface area (Å²) >= 11 is 6.08. The van der Waals surface area contributed by atoms with Crippen LogP contribution in [0.5, 0.6) is 0 Å². The first-order valence-corrected chi connectivity index (χ1v) is 10.5. The van der Waals surface area contributed by atoms with Gasteiger partial charge in [0.05, 0.1) is 15.6 Å². The Labute approximate surface area is 164 Å². The third kappa shape index (κ3) is 4.32. The fourth-order valence-electron chi connectivity index (χ4n) is 2.94. The molecule has 144 valence electrons. The standard InChI is InChI=1S/C19H22ClN3O3S/c1-14-7-8-15(19(24)21-17-6-4-3-5-16(17)20)13-18(14)27(25,26)23-11-9-22(2)10-12-23/h3-8,13H,9-12H2,1-2H3,(H,21,24). The molecule has 0 spiro atoms. The molecule has 2 aromatic rings. The highest BCUT2D eigenvalue weighted by Crippen LogP contribution is 2.25. The zero-order valence-electron chi connectivity index (χ0n) is 15.3. The molecule has 1 aliphatic rings. The summed E-state index contributed by atoms with van der Waals surface area (Å²) in [4.78, 5) is 14.8. The number of benzene rings is 2. The molecular formula is C19H22ClN3O3S. The van der Waals surface area contributed by atoms with Crippen LogP contribution in [0, 0.1) is 6.92 Å². The van der Waals surface area contributed by atoms with Crippen LogP contribution in [0.25, 0.3) is 0 Å². The number of aryl methyl sites for hydroxylation is 1. The maximum absolute atomic E-state index is 13.1. The molecule has 1 heterocycles. The largest absolute Gasteiger partial charge is 0.321 e. The van der Waals surface area contributed by atoms with Crippen LogP contribution in [0.15, 0.2) is 47.4 Å². The van der Waals surface area contributed by atoms with E-state index in [2.05, 4.69) is 10.2 Å². The Bertz CT molecular complexity index is 954. The second kappa shape index (κ2) is 7.98. The maximum Gasteiger partial charge on any atom is 0.255 e. The van der Waals surface area contributed by atoms with Gasteiger partial charge < -0.3 is 10.2 Å². The molecule has 3 rings (SSSR count). The van der Waals surface area contributed by atoms with Crippen LogP contribution in [-0.4, -0.2) is 56.8 Å². The predicted octanol–water partition coefficient (Wildman–Crippen LogP) is 2.84. The summed E-state index contributed by atoms with van der Waals surface area (Å²) in [6.45, 7) is 3.98. The van der Waals surface area contributed by atoms with E-state index in [9.17, 15) is 13.2 Å². The minimum atomic E-state index is -3.65. The van der Waals surface area contributed by atoms with Crippen molar-refractivity contribution in [1.82, 2.24) is 9.21 Å². The van der Waals surface area contributed by atoms with E-state index < -0.39 is 15.9 Å². The zero-order valence-corrected chi connectivity index (χ0v) is 16.8. The number of sulfonamides is 1. The molecule has 1 amide bonds. The van der Waals surface area contributed by atoms with Gasteiger partial charge in [0.2, 0.25) is 10.0 Å². The Kier molecular flexibility index (Phi) is 5.86. The van der Waals surface area contributed by atoms with Gasteiger partial charge in [0, 0.05) is 31.7 Å². The smallest absolute Gasteiger partial charge is 0.255 e. The summed E-state index contributed by atoms with van der Waals surface area (Å²) in [6, 6.07) is 11.6. The Morgan fingerprint density at radius 3 is 2.41 bits per heavy atom. The van der Waals surface area contributed by atoms with Gasteiger partial charge in [-0.15, -0.1) is 0 Å². The van der Waals surface area contributed by atoms with Crippen molar-refractivity contribution in [2.75, 3.05) is 38.5 Å². The van der Waals surface area contributed by atoms with E-state index in [0.717, 1.165) is 0 Å². The lowest BCUT2D eigenvalue weighted by Gasteiger charge is -2.32. The first-order chi connectivity index (χ1) is 12.8.